The van der Waals surface area contributed by atoms with Gasteiger partial charge in [-0.2, -0.15) is 0 Å². The molecule has 2 N–H and O–H groups in total. The first kappa shape index (κ1) is 25.6. The lowest BCUT2D eigenvalue weighted by atomic mass is 10.1. The van der Waals surface area contributed by atoms with Crippen LogP contribution in [0.15, 0.2) is 0 Å². The van der Waals surface area contributed by atoms with Gasteiger partial charge in [0.15, 0.2) is 0 Å². The van der Waals surface area contributed by atoms with E-state index in [4.69, 9.17) is 9.47 Å². The molecule has 2 rings (SSSR count). The first-order chi connectivity index (χ1) is 15.2. The Kier molecular flexibility index (Phi) is 9.89. The molecule has 32 heavy (non-hydrogen) atoms. The van der Waals surface area contributed by atoms with Crippen LogP contribution in [0.5, 0.6) is 0 Å². The van der Waals surface area contributed by atoms with E-state index in [0.717, 1.165) is 0 Å². The number of hydrogen-bond acceptors (Lipinski definition) is 8. The maximum atomic E-state index is 13.1. The molecule has 0 spiro atoms. The minimum atomic E-state index is -0.964. The predicted octanol–water partition coefficient (Wildman–Crippen LogP) is -0.954. The topological polar surface area (TPSA) is 134 Å². The van der Waals surface area contributed by atoms with Gasteiger partial charge in [-0.15, -0.1) is 0 Å². The molecular formula is C21H34N4O7. The minimum Gasteiger partial charge on any atom is -0.466 e. The molecule has 0 bridgehead atoms. The van der Waals surface area contributed by atoms with Crippen LogP contribution >= 0.6 is 0 Å². The van der Waals surface area contributed by atoms with Crippen LogP contribution in [0.4, 0.5) is 0 Å². The number of piperazine rings is 2. The van der Waals surface area contributed by atoms with Gasteiger partial charge >= 0.3 is 11.9 Å². The van der Waals surface area contributed by atoms with Crippen molar-refractivity contribution >= 4 is 29.7 Å². The number of carbonyl (C=O) groups is 5. The number of esters is 2. The minimum absolute atomic E-state index is 0.149. The molecule has 0 aromatic carbocycles. The van der Waals surface area contributed by atoms with Gasteiger partial charge in [-0.1, -0.05) is 20.8 Å². The van der Waals surface area contributed by atoms with Crippen molar-refractivity contribution in [2.75, 3.05) is 45.9 Å². The summed E-state index contributed by atoms with van der Waals surface area (Å²) in [6.45, 7) is 7.28. The van der Waals surface area contributed by atoms with E-state index in [9.17, 15) is 24.0 Å². The van der Waals surface area contributed by atoms with Crippen LogP contribution < -0.4 is 10.6 Å². The molecule has 2 fully saturated rings. The van der Waals surface area contributed by atoms with Crippen LogP contribution in [-0.4, -0.2) is 97.5 Å². The van der Waals surface area contributed by atoms with Crippen molar-refractivity contribution in [3.05, 3.63) is 0 Å². The van der Waals surface area contributed by atoms with Gasteiger partial charge in [-0.05, 0) is 12.3 Å². The highest BCUT2D eigenvalue weighted by molar-refractivity contribution is 5.93. The molecule has 0 aromatic heterocycles. The molecule has 2 saturated heterocycles. The van der Waals surface area contributed by atoms with E-state index in [-0.39, 0.29) is 63.4 Å². The summed E-state index contributed by atoms with van der Waals surface area (Å²) < 4.78 is 10.2. The lowest BCUT2D eigenvalue weighted by molar-refractivity contribution is -0.154. The van der Waals surface area contributed by atoms with Gasteiger partial charge < -0.3 is 25.0 Å². The Morgan fingerprint density at radius 1 is 0.969 bits per heavy atom. The standard InChI is InChI=1S/C21H34N4O7/c1-4-9-31-18(27)11-16-21(30)23-6-8-25(16)17(26)12-24-7-5-22-20(29)15(24)10-19(28)32-13-14(2)3/h14-16H,4-13H2,1-3H3,(H,22,29)(H,23,30). The molecule has 2 atom stereocenters. The average Bonchev–Trinajstić information content (AvgIpc) is 2.74. The molecule has 0 aromatic rings. The molecule has 2 heterocycles. The summed E-state index contributed by atoms with van der Waals surface area (Å²) in [6, 6.07) is -1.80. The fourth-order valence-corrected chi connectivity index (χ4v) is 3.56. The molecule has 0 radical (unpaired) electrons. The van der Waals surface area contributed by atoms with E-state index in [1.54, 1.807) is 4.90 Å². The van der Waals surface area contributed by atoms with Gasteiger partial charge in [0.1, 0.15) is 12.1 Å². The highest BCUT2D eigenvalue weighted by atomic mass is 16.5. The molecule has 3 amide bonds. The summed E-state index contributed by atoms with van der Waals surface area (Å²) in [6.07, 6.45) is 0.255. The van der Waals surface area contributed by atoms with Crippen LogP contribution in [-0.2, 0) is 33.4 Å². The molecule has 2 aliphatic rings. The quantitative estimate of drug-likeness (QED) is 0.404. The molecule has 11 heteroatoms. The Morgan fingerprint density at radius 3 is 2.22 bits per heavy atom. The SMILES string of the molecule is CCCOC(=O)CC1C(=O)NCCN1C(=O)CN1CCNC(=O)C1CC(=O)OCC(C)C. The van der Waals surface area contributed by atoms with Gasteiger partial charge in [-0.3, -0.25) is 28.9 Å². The van der Waals surface area contributed by atoms with Crippen LogP contribution in [0, 0.1) is 5.92 Å². The summed E-state index contributed by atoms with van der Waals surface area (Å²) in [5.41, 5.74) is 0. The van der Waals surface area contributed by atoms with Crippen LogP contribution in [0.1, 0.15) is 40.0 Å². The normalized spacial score (nSPS) is 21.7. The van der Waals surface area contributed by atoms with Gasteiger partial charge in [0.25, 0.3) is 0 Å². The van der Waals surface area contributed by atoms with Crippen LogP contribution in [0.25, 0.3) is 0 Å². The highest BCUT2D eigenvalue weighted by Gasteiger charge is 2.38. The van der Waals surface area contributed by atoms with Crippen molar-refractivity contribution in [1.29, 1.82) is 0 Å². The van der Waals surface area contributed by atoms with Crippen molar-refractivity contribution in [3.63, 3.8) is 0 Å². The number of amides is 3. The number of hydrogen-bond donors (Lipinski definition) is 2. The largest absolute Gasteiger partial charge is 0.466 e. The predicted molar refractivity (Wildman–Crippen MR) is 113 cm³/mol. The van der Waals surface area contributed by atoms with Crippen molar-refractivity contribution < 1.29 is 33.4 Å². The second-order valence-electron chi connectivity index (χ2n) is 8.38. The highest BCUT2D eigenvalue weighted by Crippen LogP contribution is 2.15. The number of nitrogens with zero attached hydrogens (tertiary/aromatic N) is 2. The van der Waals surface area contributed by atoms with E-state index in [1.165, 1.54) is 4.90 Å². The summed E-state index contributed by atoms with van der Waals surface area (Å²) in [7, 11) is 0. The van der Waals surface area contributed by atoms with Crippen molar-refractivity contribution in [3.8, 4) is 0 Å². The Balaban J connectivity index is 2.04. The fraction of sp³-hybridized carbons (Fsp3) is 0.762. The van der Waals surface area contributed by atoms with Crippen molar-refractivity contribution in [2.45, 2.75) is 52.1 Å². The number of nitrogens with one attached hydrogen (secondary N) is 2. The third-order valence-corrected chi connectivity index (χ3v) is 5.20. The fourth-order valence-electron chi connectivity index (χ4n) is 3.56. The van der Waals surface area contributed by atoms with Crippen molar-refractivity contribution in [2.24, 2.45) is 5.92 Å². The molecule has 2 aliphatic heterocycles. The molecular weight excluding hydrogens is 420 g/mol. The van der Waals surface area contributed by atoms with E-state index in [0.29, 0.717) is 19.5 Å². The second kappa shape index (κ2) is 12.4. The number of carbonyl (C=O) groups excluding carboxylic acids is 5. The zero-order chi connectivity index (χ0) is 23.7. The maximum absolute atomic E-state index is 13.1. The Morgan fingerprint density at radius 2 is 1.56 bits per heavy atom. The second-order valence-corrected chi connectivity index (χ2v) is 8.38. The molecule has 0 aliphatic carbocycles. The van der Waals surface area contributed by atoms with E-state index in [1.807, 2.05) is 20.8 Å². The van der Waals surface area contributed by atoms with Gasteiger partial charge in [0, 0.05) is 26.2 Å². The first-order valence-corrected chi connectivity index (χ1v) is 11.1. The Bertz CT molecular complexity index is 712. The third-order valence-electron chi connectivity index (χ3n) is 5.20. The number of rotatable bonds is 10. The van der Waals surface area contributed by atoms with Gasteiger partial charge in [0.05, 0.1) is 32.6 Å². The molecule has 2 unspecified atom stereocenters. The maximum Gasteiger partial charge on any atom is 0.308 e. The van der Waals surface area contributed by atoms with E-state index in [2.05, 4.69) is 10.6 Å². The van der Waals surface area contributed by atoms with Gasteiger partial charge in [0.2, 0.25) is 17.7 Å². The monoisotopic (exact) mass is 454 g/mol. The lowest BCUT2D eigenvalue weighted by Crippen LogP contribution is -2.62. The molecule has 180 valence electrons. The lowest BCUT2D eigenvalue weighted by Gasteiger charge is -2.38. The van der Waals surface area contributed by atoms with Crippen LogP contribution in [0.2, 0.25) is 0 Å². The van der Waals surface area contributed by atoms with Crippen molar-refractivity contribution in [1.82, 2.24) is 20.4 Å². The third kappa shape index (κ3) is 7.47. The smallest absolute Gasteiger partial charge is 0.308 e. The molecule has 11 nitrogen and oxygen atoms in total. The van der Waals surface area contributed by atoms with Gasteiger partial charge in [-0.25, -0.2) is 0 Å². The average molecular weight is 455 g/mol. The van der Waals surface area contributed by atoms with E-state index < -0.39 is 29.9 Å². The zero-order valence-corrected chi connectivity index (χ0v) is 19.1. The van der Waals surface area contributed by atoms with Crippen LogP contribution in [0.3, 0.4) is 0 Å². The van der Waals surface area contributed by atoms with E-state index >= 15 is 0 Å². The Hall–Kier alpha value is -2.69. The molecule has 0 saturated carbocycles. The number of ether oxygens (including phenoxy) is 2. The first-order valence-electron chi connectivity index (χ1n) is 11.1. The summed E-state index contributed by atoms with van der Waals surface area (Å²) >= 11 is 0. The zero-order valence-electron chi connectivity index (χ0n) is 19.1. The summed E-state index contributed by atoms with van der Waals surface area (Å²) in [5.74, 6) is -2.03. The summed E-state index contributed by atoms with van der Waals surface area (Å²) in [4.78, 5) is 65.0. The Labute approximate surface area is 188 Å². The summed E-state index contributed by atoms with van der Waals surface area (Å²) in [5, 5.41) is 5.38.